The highest BCUT2D eigenvalue weighted by molar-refractivity contribution is 7.98. The first-order valence-corrected chi connectivity index (χ1v) is 15.0. The topological polar surface area (TPSA) is 51.4 Å². The normalized spacial score (nSPS) is 13.1. The quantitative estimate of drug-likeness (QED) is 0.361. The summed E-state index contributed by atoms with van der Waals surface area (Å²) in [5.41, 5.74) is 1.14. The number of amidine groups is 1. The van der Waals surface area contributed by atoms with Crippen molar-refractivity contribution in [3.8, 4) is 6.07 Å². The molecule has 0 radical (unpaired) electrons. The fourth-order valence-corrected chi connectivity index (χ4v) is 12.7. The number of hydrogen-bond acceptors (Lipinski definition) is 4. The lowest BCUT2D eigenvalue weighted by Crippen LogP contribution is -2.54. The summed E-state index contributed by atoms with van der Waals surface area (Å²) in [7, 11) is -2.95. The number of nitrogens with one attached hydrogen (secondary N) is 1. The lowest BCUT2D eigenvalue weighted by molar-refractivity contribution is 0.920. The largest absolute Gasteiger partial charge is 0.357 e. The first-order valence-electron chi connectivity index (χ1n) is 7.38. The van der Waals surface area contributed by atoms with Crippen molar-refractivity contribution in [3.63, 3.8) is 0 Å². The Bertz CT molecular complexity index is 527. The molecule has 0 fully saturated rings. The number of nitriles is 1. The van der Waals surface area contributed by atoms with Crippen LogP contribution in [0.2, 0.25) is 39.3 Å². The lowest BCUT2D eigenvalue weighted by Gasteiger charge is -2.40. The highest BCUT2D eigenvalue weighted by Gasteiger charge is 2.35. The molecule has 0 aliphatic rings. The van der Waals surface area contributed by atoms with E-state index in [1.807, 2.05) is 30.3 Å². The fraction of sp³-hybridized carbons (Fsp3) is 0.467. The average molecular weight is 351 g/mol. The van der Waals surface area contributed by atoms with Gasteiger partial charge in [-0.25, -0.2) is 0 Å². The Balaban J connectivity index is 2.73. The van der Waals surface area contributed by atoms with Crippen LogP contribution in [0.5, 0.6) is 0 Å². The van der Waals surface area contributed by atoms with Crippen molar-refractivity contribution in [2.75, 3.05) is 0 Å². The Labute approximate surface area is 141 Å². The molecule has 0 aliphatic heterocycles. The van der Waals surface area contributed by atoms with Crippen LogP contribution in [0.4, 0.5) is 0 Å². The maximum absolute atomic E-state index is 9.27. The zero-order chi connectivity index (χ0) is 16.8. The number of benzene rings is 1. The van der Waals surface area contributed by atoms with E-state index in [9.17, 15) is 5.26 Å². The van der Waals surface area contributed by atoms with Gasteiger partial charge in [-0.05, 0) is 5.56 Å². The smallest absolute Gasteiger partial charge is 0.214 e. The van der Waals surface area contributed by atoms with E-state index >= 15 is 0 Å². The van der Waals surface area contributed by atoms with Crippen molar-refractivity contribution in [2.24, 2.45) is 4.40 Å². The molecule has 0 bridgehead atoms. The molecular weight excluding hydrogens is 324 g/mol. The molecule has 0 spiro atoms. The van der Waals surface area contributed by atoms with E-state index in [1.54, 1.807) is 0 Å². The van der Waals surface area contributed by atoms with Crippen LogP contribution in [-0.4, -0.2) is 25.9 Å². The van der Waals surface area contributed by atoms with Gasteiger partial charge in [0.05, 0.1) is 12.1 Å². The van der Waals surface area contributed by atoms with Crippen LogP contribution in [0.3, 0.4) is 0 Å². The van der Waals surface area contributed by atoms with E-state index in [2.05, 4.69) is 58.7 Å². The minimum atomic E-state index is -1.47. The molecule has 0 amide bonds. The molecule has 4 nitrogen and oxygen atoms in total. The average Bonchev–Trinajstić information content (AvgIpc) is 2.40. The molecule has 1 aromatic carbocycles. The summed E-state index contributed by atoms with van der Waals surface area (Å²) in [6, 6.07) is 12.2. The molecule has 1 rings (SSSR count). The predicted octanol–water partition coefficient (Wildman–Crippen LogP) is 4.23. The van der Waals surface area contributed by atoms with Gasteiger partial charge in [0.15, 0.2) is 0 Å². The molecule has 22 heavy (non-hydrogen) atoms. The van der Waals surface area contributed by atoms with E-state index in [1.165, 1.54) is 12.1 Å². The molecule has 0 aliphatic carbocycles. The third kappa shape index (κ3) is 6.36. The van der Waals surface area contributed by atoms with Crippen molar-refractivity contribution >= 4 is 34.4 Å². The molecule has 7 heteroatoms. The minimum absolute atomic E-state index is 0.385. The fourth-order valence-electron chi connectivity index (χ4n) is 2.21. The first kappa shape index (κ1) is 19.0. The maximum atomic E-state index is 9.27. The van der Waals surface area contributed by atoms with Gasteiger partial charge < -0.3 is 5.32 Å². The maximum Gasteiger partial charge on any atom is 0.214 e. The Morgan fingerprint density at radius 2 is 1.68 bits per heavy atom. The van der Waals surface area contributed by atoms with E-state index in [0.717, 1.165) is 5.56 Å². The molecule has 1 N–H and O–H groups in total. The van der Waals surface area contributed by atoms with Gasteiger partial charge in [-0.2, -0.15) is 9.66 Å². The second-order valence-corrected chi connectivity index (χ2v) is 18.5. The summed E-state index contributed by atoms with van der Waals surface area (Å²) in [4.78, 5) is 0. The van der Waals surface area contributed by atoms with Gasteiger partial charge in [0, 0.05) is 6.54 Å². The van der Waals surface area contributed by atoms with Gasteiger partial charge in [-0.15, -0.1) is 0 Å². The molecule has 0 saturated carbocycles. The van der Waals surface area contributed by atoms with Crippen molar-refractivity contribution < 1.29 is 0 Å². The van der Waals surface area contributed by atoms with Crippen molar-refractivity contribution in [2.45, 2.75) is 45.8 Å². The zero-order valence-corrected chi connectivity index (χ0v) is 17.2. The van der Waals surface area contributed by atoms with Gasteiger partial charge in [0.1, 0.15) is 22.5 Å². The molecular formula is C15H26N4SSi2. The summed E-state index contributed by atoms with van der Waals surface area (Å²) in [6.45, 7) is 14.5. The van der Waals surface area contributed by atoms with Gasteiger partial charge >= 0.3 is 0 Å². The predicted molar refractivity (Wildman–Crippen MR) is 102 cm³/mol. The van der Waals surface area contributed by atoms with Gasteiger partial charge in [-0.1, -0.05) is 69.6 Å². The summed E-state index contributed by atoms with van der Waals surface area (Å²) in [5.74, 6) is 0.385. The molecule has 0 heterocycles. The van der Waals surface area contributed by atoms with E-state index in [-0.39, 0.29) is 0 Å². The number of nitrogens with zero attached hydrogens (tertiary/aromatic N) is 3. The SMILES string of the molecule is C[Si](C)(C)N(SN=C(C#N)NCc1ccccc1)[Si](C)(C)C. The van der Waals surface area contributed by atoms with Crippen LogP contribution >= 0.6 is 12.1 Å². The highest BCUT2D eigenvalue weighted by Crippen LogP contribution is 2.29. The number of hydrogen-bond donors (Lipinski definition) is 1. The van der Waals surface area contributed by atoms with Crippen LogP contribution in [0, 0.1) is 11.3 Å². The summed E-state index contributed by atoms with van der Waals surface area (Å²) < 4.78 is 6.92. The Morgan fingerprint density at radius 1 is 1.14 bits per heavy atom. The Kier molecular flexibility index (Phi) is 6.87. The Morgan fingerprint density at radius 3 is 2.14 bits per heavy atom. The van der Waals surface area contributed by atoms with Crippen LogP contribution < -0.4 is 5.32 Å². The standard InChI is InChI=1S/C15H26N4SSi2/c1-21(2,3)19(22(4,5)6)20-18-15(12-16)17-13-14-10-8-7-9-11-14/h7-11H,13H2,1-6H3,(H,17,18). The molecule has 0 unspecified atom stereocenters. The van der Waals surface area contributed by atoms with Crippen LogP contribution in [-0.2, 0) is 6.54 Å². The molecule has 1 aromatic rings. The van der Waals surface area contributed by atoms with Crippen LogP contribution in [0.25, 0.3) is 0 Å². The first-order chi connectivity index (χ1) is 10.1. The summed E-state index contributed by atoms with van der Waals surface area (Å²) in [6.07, 6.45) is 0. The third-order valence-corrected chi connectivity index (χ3v) is 13.5. The molecule has 120 valence electrons. The molecule has 0 atom stereocenters. The van der Waals surface area contributed by atoms with Crippen molar-refractivity contribution in [3.05, 3.63) is 35.9 Å². The van der Waals surface area contributed by atoms with E-state index in [4.69, 9.17) is 0 Å². The highest BCUT2D eigenvalue weighted by atomic mass is 32.2. The molecule has 0 aromatic heterocycles. The minimum Gasteiger partial charge on any atom is -0.357 e. The van der Waals surface area contributed by atoms with Gasteiger partial charge in [0.25, 0.3) is 0 Å². The van der Waals surface area contributed by atoms with Crippen molar-refractivity contribution in [1.82, 2.24) is 8.95 Å². The van der Waals surface area contributed by atoms with Crippen molar-refractivity contribution in [1.29, 1.82) is 5.26 Å². The van der Waals surface area contributed by atoms with E-state index in [0.29, 0.717) is 12.4 Å². The van der Waals surface area contributed by atoms with E-state index < -0.39 is 16.5 Å². The monoisotopic (exact) mass is 350 g/mol. The summed E-state index contributed by atoms with van der Waals surface area (Å²) in [5, 5.41) is 12.4. The van der Waals surface area contributed by atoms with Gasteiger partial charge in [0.2, 0.25) is 5.84 Å². The Hall–Kier alpha value is -1.08. The van der Waals surface area contributed by atoms with Crippen LogP contribution in [0.1, 0.15) is 5.56 Å². The summed E-state index contributed by atoms with van der Waals surface area (Å²) >= 11 is 1.46. The van der Waals surface area contributed by atoms with Crippen LogP contribution in [0.15, 0.2) is 34.7 Å². The molecule has 0 saturated heterocycles. The lowest BCUT2D eigenvalue weighted by atomic mass is 10.2. The van der Waals surface area contributed by atoms with Gasteiger partial charge in [-0.3, -0.25) is 3.64 Å². The second kappa shape index (κ2) is 7.97. The zero-order valence-electron chi connectivity index (χ0n) is 14.3. The second-order valence-electron chi connectivity index (χ2n) is 7.11. The number of rotatable bonds is 6. The third-order valence-electron chi connectivity index (χ3n) is 2.84.